The van der Waals surface area contributed by atoms with Crippen LogP contribution in [0.25, 0.3) is 0 Å². The van der Waals surface area contributed by atoms with Gasteiger partial charge in [-0.1, -0.05) is 6.92 Å². The SMILES string of the molecule is CCCNC(=O)c1c(NC(=O)c2cc(OC)cc(OC)c2)cnn1C. The van der Waals surface area contributed by atoms with Crippen LogP contribution in [0.5, 0.6) is 11.5 Å². The molecule has 1 aromatic heterocycles. The number of hydrogen-bond acceptors (Lipinski definition) is 5. The van der Waals surface area contributed by atoms with Gasteiger partial charge in [-0.25, -0.2) is 0 Å². The lowest BCUT2D eigenvalue weighted by atomic mass is 10.2. The molecule has 0 aliphatic carbocycles. The van der Waals surface area contributed by atoms with E-state index in [0.29, 0.717) is 29.3 Å². The number of nitrogens with one attached hydrogen (secondary N) is 2. The number of methoxy groups -OCH3 is 2. The third-order valence-corrected chi connectivity index (χ3v) is 3.55. The molecule has 2 aromatic rings. The minimum atomic E-state index is -0.394. The van der Waals surface area contributed by atoms with E-state index in [1.54, 1.807) is 25.2 Å². The molecule has 2 amide bonds. The molecular weight excluding hydrogens is 324 g/mol. The third-order valence-electron chi connectivity index (χ3n) is 3.55. The molecule has 0 radical (unpaired) electrons. The summed E-state index contributed by atoms with van der Waals surface area (Å²) in [5.74, 6) is 0.309. The predicted octanol–water partition coefficient (Wildman–Crippen LogP) is 1.83. The molecule has 2 rings (SSSR count). The maximum Gasteiger partial charge on any atom is 0.271 e. The van der Waals surface area contributed by atoms with Gasteiger partial charge in [0.15, 0.2) is 0 Å². The van der Waals surface area contributed by atoms with Crippen molar-refractivity contribution in [3.63, 3.8) is 0 Å². The van der Waals surface area contributed by atoms with Gasteiger partial charge in [-0.05, 0) is 18.6 Å². The molecule has 0 aliphatic heterocycles. The standard InChI is InChI=1S/C17H22N4O4/c1-5-6-18-17(23)15-14(10-19-21(15)2)20-16(22)11-7-12(24-3)9-13(8-11)25-4/h7-10H,5-6H2,1-4H3,(H,18,23)(H,20,22). The number of hydrogen-bond donors (Lipinski definition) is 2. The van der Waals surface area contributed by atoms with E-state index in [4.69, 9.17) is 9.47 Å². The van der Waals surface area contributed by atoms with E-state index in [-0.39, 0.29) is 11.6 Å². The molecule has 0 saturated heterocycles. The van der Waals surface area contributed by atoms with Crippen LogP contribution in [0.4, 0.5) is 5.69 Å². The van der Waals surface area contributed by atoms with Crippen molar-refractivity contribution in [2.24, 2.45) is 7.05 Å². The highest BCUT2D eigenvalue weighted by Crippen LogP contribution is 2.24. The van der Waals surface area contributed by atoms with E-state index in [2.05, 4.69) is 15.7 Å². The molecule has 25 heavy (non-hydrogen) atoms. The minimum Gasteiger partial charge on any atom is -0.497 e. The van der Waals surface area contributed by atoms with E-state index in [9.17, 15) is 9.59 Å². The van der Waals surface area contributed by atoms with Crippen LogP contribution in [0.3, 0.4) is 0 Å². The number of ether oxygens (including phenoxy) is 2. The van der Waals surface area contributed by atoms with Gasteiger partial charge in [-0.3, -0.25) is 14.3 Å². The lowest BCUT2D eigenvalue weighted by Crippen LogP contribution is -2.27. The zero-order valence-corrected chi connectivity index (χ0v) is 14.8. The first-order valence-electron chi connectivity index (χ1n) is 7.84. The number of aryl methyl sites for hydroxylation is 1. The van der Waals surface area contributed by atoms with Crippen molar-refractivity contribution < 1.29 is 19.1 Å². The lowest BCUT2D eigenvalue weighted by Gasteiger charge is -2.10. The Hall–Kier alpha value is -3.03. The Kier molecular flexibility index (Phi) is 5.99. The highest BCUT2D eigenvalue weighted by atomic mass is 16.5. The smallest absolute Gasteiger partial charge is 0.271 e. The molecule has 0 fully saturated rings. The Morgan fingerprint density at radius 1 is 1.12 bits per heavy atom. The van der Waals surface area contributed by atoms with Crippen LogP contribution in [0.15, 0.2) is 24.4 Å². The summed E-state index contributed by atoms with van der Waals surface area (Å²) >= 11 is 0. The van der Waals surface area contributed by atoms with Crippen molar-refractivity contribution in [2.45, 2.75) is 13.3 Å². The van der Waals surface area contributed by atoms with Crippen molar-refractivity contribution >= 4 is 17.5 Å². The molecule has 0 saturated carbocycles. The van der Waals surface area contributed by atoms with Crippen LogP contribution < -0.4 is 20.1 Å². The van der Waals surface area contributed by atoms with E-state index in [1.807, 2.05) is 6.92 Å². The molecule has 0 atom stereocenters. The fourth-order valence-electron chi connectivity index (χ4n) is 2.25. The molecule has 1 aromatic carbocycles. The lowest BCUT2D eigenvalue weighted by molar-refractivity contribution is 0.0945. The van der Waals surface area contributed by atoms with Crippen LogP contribution in [-0.4, -0.2) is 42.4 Å². The fourth-order valence-corrected chi connectivity index (χ4v) is 2.25. The molecule has 8 nitrogen and oxygen atoms in total. The zero-order valence-electron chi connectivity index (χ0n) is 14.8. The molecule has 0 spiro atoms. The summed E-state index contributed by atoms with van der Waals surface area (Å²) in [7, 11) is 4.66. The Bertz CT molecular complexity index is 748. The first-order chi connectivity index (χ1) is 12.0. The quantitative estimate of drug-likeness (QED) is 0.798. The second-order valence-corrected chi connectivity index (χ2v) is 5.34. The molecule has 2 N–H and O–H groups in total. The minimum absolute atomic E-state index is 0.289. The summed E-state index contributed by atoms with van der Waals surface area (Å²) in [6.45, 7) is 2.51. The normalized spacial score (nSPS) is 10.2. The molecule has 8 heteroatoms. The average molecular weight is 346 g/mol. The predicted molar refractivity (Wildman–Crippen MR) is 93.3 cm³/mol. The summed E-state index contributed by atoms with van der Waals surface area (Å²) in [6, 6.07) is 4.85. The number of rotatable bonds is 7. The van der Waals surface area contributed by atoms with Crippen LogP contribution in [-0.2, 0) is 7.05 Å². The van der Waals surface area contributed by atoms with Crippen LogP contribution in [0, 0.1) is 0 Å². The van der Waals surface area contributed by atoms with E-state index >= 15 is 0 Å². The molecular formula is C17H22N4O4. The second kappa shape index (κ2) is 8.18. The van der Waals surface area contributed by atoms with E-state index in [1.165, 1.54) is 25.1 Å². The van der Waals surface area contributed by atoms with Crippen molar-refractivity contribution in [1.82, 2.24) is 15.1 Å². The molecule has 0 bridgehead atoms. The number of carbonyl (C=O) groups is 2. The van der Waals surface area contributed by atoms with Gasteiger partial charge in [0.2, 0.25) is 0 Å². The summed E-state index contributed by atoms with van der Waals surface area (Å²) in [5, 5.41) is 9.54. The molecule has 0 unspecified atom stereocenters. The molecule has 0 aliphatic rings. The zero-order chi connectivity index (χ0) is 18.4. The van der Waals surface area contributed by atoms with Gasteiger partial charge in [0.05, 0.1) is 26.1 Å². The maximum absolute atomic E-state index is 12.6. The van der Waals surface area contributed by atoms with Crippen LogP contribution in [0.1, 0.15) is 34.2 Å². The number of anilines is 1. The van der Waals surface area contributed by atoms with E-state index in [0.717, 1.165) is 6.42 Å². The van der Waals surface area contributed by atoms with E-state index < -0.39 is 5.91 Å². The molecule has 134 valence electrons. The molecule has 1 heterocycles. The van der Waals surface area contributed by atoms with Gasteiger partial charge in [-0.2, -0.15) is 5.10 Å². The summed E-state index contributed by atoms with van der Waals surface area (Å²) < 4.78 is 11.8. The Labute approximate surface area is 146 Å². The first kappa shape index (κ1) is 18.3. The third kappa shape index (κ3) is 4.28. The van der Waals surface area contributed by atoms with Gasteiger partial charge in [-0.15, -0.1) is 0 Å². The van der Waals surface area contributed by atoms with Crippen LogP contribution in [0.2, 0.25) is 0 Å². The number of carbonyl (C=O) groups excluding carboxylic acids is 2. The largest absolute Gasteiger partial charge is 0.497 e. The number of amides is 2. The van der Waals surface area contributed by atoms with Gasteiger partial charge < -0.3 is 20.1 Å². The van der Waals surface area contributed by atoms with Crippen molar-refractivity contribution in [3.05, 3.63) is 35.7 Å². The highest BCUT2D eigenvalue weighted by molar-refractivity contribution is 6.08. The van der Waals surface area contributed by atoms with Crippen molar-refractivity contribution in [2.75, 3.05) is 26.1 Å². The number of benzene rings is 1. The van der Waals surface area contributed by atoms with Crippen molar-refractivity contribution in [1.29, 1.82) is 0 Å². The van der Waals surface area contributed by atoms with Gasteiger partial charge in [0.1, 0.15) is 17.2 Å². The summed E-state index contributed by atoms with van der Waals surface area (Å²) in [5.41, 5.74) is 0.972. The first-order valence-corrected chi connectivity index (χ1v) is 7.84. The average Bonchev–Trinajstić information content (AvgIpc) is 2.99. The topological polar surface area (TPSA) is 94.5 Å². The van der Waals surface area contributed by atoms with Crippen LogP contribution >= 0.6 is 0 Å². The monoisotopic (exact) mass is 346 g/mol. The Morgan fingerprint density at radius 3 is 2.32 bits per heavy atom. The summed E-state index contributed by atoms with van der Waals surface area (Å²) in [6.07, 6.45) is 2.26. The van der Waals surface area contributed by atoms with Gasteiger partial charge in [0.25, 0.3) is 11.8 Å². The van der Waals surface area contributed by atoms with Crippen molar-refractivity contribution in [3.8, 4) is 11.5 Å². The highest BCUT2D eigenvalue weighted by Gasteiger charge is 2.19. The Morgan fingerprint density at radius 2 is 1.76 bits per heavy atom. The van der Waals surface area contributed by atoms with Gasteiger partial charge >= 0.3 is 0 Å². The fraction of sp³-hybridized carbons (Fsp3) is 0.353. The van der Waals surface area contributed by atoms with Gasteiger partial charge in [0, 0.05) is 25.2 Å². The summed E-state index contributed by atoms with van der Waals surface area (Å²) in [4.78, 5) is 24.8. The number of aromatic nitrogens is 2. The second-order valence-electron chi connectivity index (χ2n) is 5.34. The Balaban J connectivity index is 2.25. The number of nitrogens with zero attached hydrogens (tertiary/aromatic N) is 2. The maximum atomic E-state index is 12.6.